The minimum atomic E-state index is -3.35. The average Bonchev–Trinajstić information content (AvgIpc) is 2.53. The van der Waals surface area contributed by atoms with Gasteiger partial charge >= 0.3 is 8.80 Å². The molecule has 0 heterocycles. The molecule has 0 bridgehead atoms. The molecule has 0 saturated carbocycles. The van der Waals surface area contributed by atoms with Crippen LogP contribution in [0.4, 0.5) is 0 Å². The Balaban J connectivity index is 3.00. The van der Waals surface area contributed by atoms with Gasteiger partial charge in [0.15, 0.2) is 0 Å². The molecule has 0 fully saturated rings. The van der Waals surface area contributed by atoms with Crippen molar-refractivity contribution in [2.75, 3.05) is 14.2 Å². The van der Waals surface area contributed by atoms with Crippen LogP contribution in [0.15, 0.2) is 18.2 Å². The summed E-state index contributed by atoms with van der Waals surface area (Å²) in [6.45, 7) is 0. The van der Waals surface area contributed by atoms with Crippen molar-refractivity contribution in [3.63, 3.8) is 0 Å². The van der Waals surface area contributed by atoms with Crippen LogP contribution < -0.4 is 9.47 Å². The quantitative estimate of drug-likeness (QED) is 0.542. The molecular weight excluding hydrogens is 300 g/mol. The van der Waals surface area contributed by atoms with E-state index in [2.05, 4.69) is 0 Å². The molecule has 114 valence electrons. The SMILES string of the molecule is C#CO[Si](CCc1cc(OC)ccc1OC)(OC#C)OC#C. The summed E-state index contributed by atoms with van der Waals surface area (Å²) >= 11 is 0. The third-order valence-corrected chi connectivity index (χ3v) is 4.98. The first kappa shape index (κ1) is 17.2. The molecule has 22 heavy (non-hydrogen) atoms. The van der Waals surface area contributed by atoms with Crippen LogP contribution in [0.25, 0.3) is 0 Å². The van der Waals surface area contributed by atoms with Crippen molar-refractivity contribution in [1.82, 2.24) is 0 Å². The summed E-state index contributed by atoms with van der Waals surface area (Å²) < 4.78 is 25.9. The molecule has 0 N–H and O–H groups in total. The maximum atomic E-state index is 5.31. The van der Waals surface area contributed by atoms with E-state index in [9.17, 15) is 0 Å². The van der Waals surface area contributed by atoms with Gasteiger partial charge in [0.1, 0.15) is 11.5 Å². The monoisotopic (exact) mass is 316 g/mol. The molecule has 0 saturated heterocycles. The van der Waals surface area contributed by atoms with E-state index >= 15 is 0 Å². The fraction of sp³-hybridized carbons (Fsp3) is 0.250. The summed E-state index contributed by atoms with van der Waals surface area (Å²) in [6, 6.07) is 5.71. The van der Waals surface area contributed by atoms with E-state index in [0.717, 1.165) is 5.56 Å². The van der Waals surface area contributed by atoms with Gasteiger partial charge in [0.2, 0.25) is 0 Å². The smallest absolute Gasteiger partial charge is 0.497 e. The van der Waals surface area contributed by atoms with Crippen LogP contribution in [-0.2, 0) is 19.7 Å². The highest BCUT2D eigenvalue weighted by Gasteiger charge is 2.48. The van der Waals surface area contributed by atoms with Crippen molar-refractivity contribution in [2.24, 2.45) is 0 Å². The van der Waals surface area contributed by atoms with Gasteiger partial charge in [0.05, 0.1) is 38.6 Å². The lowest BCUT2D eigenvalue weighted by atomic mass is 10.1. The molecule has 0 radical (unpaired) electrons. The molecular formula is C16H16O5Si. The molecule has 0 spiro atoms. The van der Waals surface area contributed by atoms with Crippen LogP contribution >= 0.6 is 0 Å². The molecule has 1 aromatic carbocycles. The Kier molecular flexibility index (Phi) is 6.57. The molecule has 0 atom stereocenters. The number of rotatable bonds is 8. The van der Waals surface area contributed by atoms with Gasteiger partial charge in [-0.15, -0.1) is 0 Å². The fourth-order valence-electron chi connectivity index (χ4n) is 1.85. The van der Waals surface area contributed by atoms with Crippen molar-refractivity contribution in [2.45, 2.75) is 12.5 Å². The Hall–Kier alpha value is -2.88. The van der Waals surface area contributed by atoms with Crippen molar-refractivity contribution in [3.05, 3.63) is 23.8 Å². The van der Waals surface area contributed by atoms with Gasteiger partial charge in [0.25, 0.3) is 0 Å². The summed E-state index contributed by atoms with van der Waals surface area (Å²) in [6.07, 6.45) is 22.1. The number of aryl methyl sites for hydroxylation is 1. The standard InChI is InChI=1S/C16H16O5Si/c1-6-19-22(20-7-2,21-8-3)12-11-14-13-15(17-4)9-10-16(14)18-5/h1-3,9-10,13H,11-12H2,4-5H3. The van der Waals surface area contributed by atoms with Crippen molar-refractivity contribution in [1.29, 1.82) is 0 Å². The van der Waals surface area contributed by atoms with Crippen LogP contribution in [0.5, 0.6) is 11.5 Å². The normalized spacial score (nSPS) is 9.59. The predicted molar refractivity (Wildman–Crippen MR) is 83.6 cm³/mol. The zero-order valence-electron chi connectivity index (χ0n) is 12.4. The fourth-order valence-corrected chi connectivity index (χ4v) is 3.40. The molecule has 0 unspecified atom stereocenters. The number of methoxy groups -OCH3 is 2. The molecule has 0 amide bonds. The highest BCUT2D eigenvalue weighted by Crippen LogP contribution is 2.27. The van der Waals surface area contributed by atoms with E-state index in [1.807, 2.05) is 24.4 Å². The molecule has 0 aliphatic heterocycles. The van der Waals surface area contributed by atoms with E-state index < -0.39 is 8.80 Å². The molecule has 1 rings (SSSR count). The Bertz CT molecular complexity index is 580. The zero-order valence-corrected chi connectivity index (χ0v) is 13.4. The van der Waals surface area contributed by atoms with Gasteiger partial charge in [-0.05, 0) is 30.2 Å². The first-order valence-corrected chi connectivity index (χ1v) is 8.19. The average molecular weight is 316 g/mol. The number of hydrogen-bond donors (Lipinski definition) is 0. The highest BCUT2D eigenvalue weighted by atomic mass is 28.4. The predicted octanol–water partition coefficient (Wildman–Crippen LogP) is 2.01. The van der Waals surface area contributed by atoms with Crippen LogP contribution in [0.2, 0.25) is 6.04 Å². The van der Waals surface area contributed by atoms with Crippen molar-refractivity contribution >= 4 is 8.80 Å². The number of terminal acetylenes is 3. The van der Waals surface area contributed by atoms with Crippen LogP contribution in [0.1, 0.15) is 5.56 Å². The number of ether oxygens (including phenoxy) is 2. The maximum absolute atomic E-state index is 5.31. The summed E-state index contributed by atoms with van der Waals surface area (Å²) in [5.41, 5.74) is 0.862. The van der Waals surface area contributed by atoms with Gasteiger partial charge < -0.3 is 22.8 Å². The minimum absolute atomic E-state index is 0.287. The van der Waals surface area contributed by atoms with E-state index in [1.54, 1.807) is 26.4 Å². The van der Waals surface area contributed by atoms with E-state index in [-0.39, 0.29) is 6.04 Å². The zero-order chi connectivity index (χ0) is 16.4. The van der Waals surface area contributed by atoms with Gasteiger partial charge in [-0.1, -0.05) is 19.3 Å². The molecule has 5 nitrogen and oxygen atoms in total. The summed E-state index contributed by atoms with van der Waals surface area (Å²) in [5, 5.41) is 0. The summed E-state index contributed by atoms with van der Waals surface area (Å²) in [4.78, 5) is 0. The van der Waals surface area contributed by atoms with E-state index in [1.165, 1.54) is 0 Å². The third-order valence-electron chi connectivity index (χ3n) is 2.83. The lowest BCUT2D eigenvalue weighted by molar-refractivity contribution is 0.212. The Morgan fingerprint density at radius 1 is 0.955 bits per heavy atom. The van der Waals surface area contributed by atoms with Crippen LogP contribution in [0, 0.1) is 37.6 Å². The Morgan fingerprint density at radius 2 is 1.55 bits per heavy atom. The molecule has 0 aliphatic carbocycles. The topological polar surface area (TPSA) is 46.2 Å². The summed E-state index contributed by atoms with van der Waals surface area (Å²) in [7, 11) is -0.195. The maximum Gasteiger partial charge on any atom is 0.725 e. The Morgan fingerprint density at radius 3 is 2.00 bits per heavy atom. The molecule has 0 aliphatic rings. The van der Waals surface area contributed by atoms with Gasteiger partial charge in [-0.2, -0.15) is 0 Å². The second-order valence-electron chi connectivity index (χ2n) is 4.02. The first-order valence-electron chi connectivity index (χ1n) is 6.26. The van der Waals surface area contributed by atoms with E-state index in [4.69, 9.17) is 42.0 Å². The lowest BCUT2D eigenvalue weighted by Gasteiger charge is -2.21. The van der Waals surface area contributed by atoms with Gasteiger partial charge in [0, 0.05) is 0 Å². The summed E-state index contributed by atoms with van der Waals surface area (Å²) in [5.74, 6) is 1.38. The third kappa shape index (κ3) is 4.31. The van der Waals surface area contributed by atoms with Crippen molar-refractivity contribution in [3.8, 4) is 49.1 Å². The lowest BCUT2D eigenvalue weighted by Crippen LogP contribution is -2.42. The number of hydrogen-bond acceptors (Lipinski definition) is 5. The Labute approximate surface area is 131 Å². The second-order valence-corrected chi connectivity index (χ2v) is 6.50. The van der Waals surface area contributed by atoms with Gasteiger partial charge in [-0.25, -0.2) is 0 Å². The van der Waals surface area contributed by atoms with Crippen LogP contribution in [-0.4, -0.2) is 23.0 Å². The molecule has 0 aromatic heterocycles. The minimum Gasteiger partial charge on any atom is -0.497 e. The molecule has 1 aromatic rings. The first-order chi connectivity index (χ1) is 10.6. The van der Waals surface area contributed by atoms with Gasteiger partial charge in [-0.3, -0.25) is 0 Å². The molecule has 6 heteroatoms. The number of benzene rings is 1. The van der Waals surface area contributed by atoms with E-state index in [0.29, 0.717) is 17.9 Å². The highest BCUT2D eigenvalue weighted by molar-refractivity contribution is 6.61. The second kappa shape index (κ2) is 8.41. The van der Waals surface area contributed by atoms with Crippen molar-refractivity contribution < 1.29 is 22.8 Å². The largest absolute Gasteiger partial charge is 0.725 e. The van der Waals surface area contributed by atoms with Crippen LogP contribution in [0.3, 0.4) is 0 Å².